The van der Waals surface area contributed by atoms with Crippen molar-refractivity contribution in [1.29, 1.82) is 0 Å². The lowest BCUT2D eigenvalue weighted by Gasteiger charge is -2.06. The van der Waals surface area contributed by atoms with Gasteiger partial charge in [0, 0.05) is 6.54 Å². The molecule has 4 N–H and O–H groups in total. The standard InChI is InChI=1S/C9H11NO4.ClH/c1-14-9(13)8-6(11)2-5(4-10)3-7(8)12;/h2-3,11-12H,4,10H2,1H3;1H. The highest BCUT2D eigenvalue weighted by Crippen LogP contribution is 2.29. The SMILES string of the molecule is COC(=O)c1c(O)cc(CN)cc1O.Cl. The highest BCUT2D eigenvalue weighted by atomic mass is 35.5. The number of rotatable bonds is 2. The molecule has 0 bridgehead atoms. The first-order valence-electron chi connectivity index (χ1n) is 3.93. The third-order valence-electron chi connectivity index (χ3n) is 1.78. The van der Waals surface area contributed by atoms with Gasteiger partial charge in [-0.05, 0) is 17.7 Å². The summed E-state index contributed by atoms with van der Waals surface area (Å²) in [4.78, 5) is 11.1. The number of ether oxygens (including phenoxy) is 1. The third-order valence-corrected chi connectivity index (χ3v) is 1.78. The molecule has 0 spiro atoms. The molecule has 1 aromatic carbocycles. The van der Waals surface area contributed by atoms with E-state index in [9.17, 15) is 15.0 Å². The number of carbonyl (C=O) groups is 1. The van der Waals surface area contributed by atoms with Crippen molar-refractivity contribution >= 4 is 18.4 Å². The summed E-state index contributed by atoms with van der Waals surface area (Å²) in [5.41, 5.74) is 5.60. The molecule has 1 rings (SSSR count). The molecule has 0 saturated heterocycles. The molecule has 0 unspecified atom stereocenters. The maximum Gasteiger partial charge on any atom is 0.345 e. The summed E-state index contributed by atoms with van der Waals surface area (Å²) in [7, 11) is 1.16. The number of halogens is 1. The van der Waals surface area contributed by atoms with Crippen LogP contribution >= 0.6 is 12.4 Å². The van der Waals surface area contributed by atoms with Crippen molar-refractivity contribution in [2.45, 2.75) is 6.54 Å². The summed E-state index contributed by atoms with van der Waals surface area (Å²) in [5, 5.41) is 18.8. The minimum Gasteiger partial charge on any atom is -0.507 e. The van der Waals surface area contributed by atoms with E-state index in [4.69, 9.17) is 5.73 Å². The van der Waals surface area contributed by atoms with Gasteiger partial charge in [0.2, 0.25) is 0 Å². The van der Waals surface area contributed by atoms with Crippen LogP contribution in [0.1, 0.15) is 15.9 Å². The van der Waals surface area contributed by atoms with Crippen LogP contribution in [-0.2, 0) is 11.3 Å². The molecule has 0 aliphatic heterocycles. The molecule has 0 amide bonds. The van der Waals surface area contributed by atoms with Gasteiger partial charge in [0.05, 0.1) is 7.11 Å². The van der Waals surface area contributed by atoms with E-state index in [0.717, 1.165) is 7.11 Å². The topological polar surface area (TPSA) is 92.8 Å². The Labute approximate surface area is 92.9 Å². The van der Waals surface area contributed by atoms with Gasteiger partial charge in [0.25, 0.3) is 0 Å². The fourth-order valence-electron chi connectivity index (χ4n) is 1.10. The Kier molecular flexibility index (Phi) is 4.90. The highest BCUT2D eigenvalue weighted by Gasteiger charge is 2.17. The zero-order valence-corrected chi connectivity index (χ0v) is 8.87. The van der Waals surface area contributed by atoms with Crippen molar-refractivity contribution in [3.8, 4) is 11.5 Å². The van der Waals surface area contributed by atoms with Gasteiger partial charge in [0.15, 0.2) is 0 Å². The number of methoxy groups -OCH3 is 1. The molecule has 5 nitrogen and oxygen atoms in total. The maximum absolute atomic E-state index is 11.1. The van der Waals surface area contributed by atoms with Gasteiger partial charge in [-0.3, -0.25) is 0 Å². The number of phenolic OH excluding ortho intramolecular Hbond substituents is 2. The number of aromatic hydroxyl groups is 2. The van der Waals surface area contributed by atoms with E-state index >= 15 is 0 Å². The fraction of sp³-hybridized carbons (Fsp3) is 0.222. The largest absolute Gasteiger partial charge is 0.507 e. The van der Waals surface area contributed by atoms with Crippen LogP contribution in [0.3, 0.4) is 0 Å². The van der Waals surface area contributed by atoms with Crippen molar-refractivity contribution in [2.24, 2.45) is 5.73 Å². The molecule has 6 heteroatoms. The summed E-state index contributed by atoms with van der Waals surface area (Å²) in [5.74, 6) is -1.46. The molecule has 15 heavy (non-hydrogen) atoms. The molecule has 0 saturated carbocycles. The van der Waals surface area contributed by atoms with Crippen LogP contribution in [-0.4, -0.2) is 23.3 Å². The molecule has 1 aromatic rings. The molecule has 0 fully saturated rings. The van der Waals surface area contributed by atoms with Gasteiger partial charge >= 0.3 is 5.97 Å². The first-order valence-corrected chi connectivity index (χ1v) is 3.93. The Balaban J connectivity index is 0.00000196. The Bertz CT molecular complexity index is 344. The smallest absolute Gasteiger partial charge is 0.345 e. The van der Waals surface area contributed by atoms with Gasteiger partial charge in [-0.1, -0.05) is 0 Å². The number of hydrogen-bond acceptors (Lipinski definition) is 5. The summed E-state index contributed by atoms with van der Waals surface area (Å²) < 4.78 is 4.38. The second kappa shape index (κ2) is 5.43. The van der Waals surface area contributed by atoms with E-state index in [1.54, 1.807) is 0 Å². The molecule has 0 aromatic heterocycles. The molecule has 84 valence electrons. The second-order valence-corrected chi connectivity index (χ2v) is 2.70. The lowest BCUT2D eigenvalue weighted by atomic mass is 10.1. The van der Waals surface area contributed by atoms with Gasteiger partial charge in [-0.2, -0.15) is 0 Å². The molecule has 0 atom stereocenters. The fourth-order valence-corrected chi connectivity index (χ4v) is 1.10. The first kappa shape index (κ1) is 13.5. The first-order chi connectivity index (χ1) is 6.60. The van der Waals surface area contributed by atoms with E-state index in [2.05, 4.69) is 4.74 Å². The van der Waals surface area contributed by atoms with Gasteiger partial charge in [0.1, 0.15) is 17.1 Å². The van der Waals surface area contributed by atoms with Crippen LogP contribution < -0.4 is 5.73 Å². The normalized spacial score (nSPS) is 9.20. The molecular formula is C9H12ClNO4. The molecule has 0 heterocycles. The van der Waals surface area contributed by atoms with Crippen LogP contribution in [0.2, 0.25) is 0 Å². The van der Waals surface area contributed by atoms with Crippen molar-refractivity contribution in [2.75, 3.05) is 7.11 Å². The Morgan fingerprint density at radius 2 is 1.87 bits per heavy atom. The summed E-state index contributed by atoms with van der Waals surface area (Å²) >= 11 is 0. The van der Waals surface area contributed by atoms with Crippen molar-refractivity contribution < 1.29 is 19.7 Å². The van der Waals surface area contributed by atoms with E-state index in [0.29, 0.717) is 5.56 Å². The van der Waals surface area contributed by atoms with E-state index in [1.165, 1.54) is 12.1 Å². The van der Waals surface area contributed by atoms with E-state index in [1.807, 2.05) is 0 Å². The minimum absolute atomic E-state index is 0. The summed E-state index contributed by atoms with van der Waals surface area (Å²) in [6.45, 7) is 0.169. The van der Waals surface area contributed by atoms with Crippen molar-refractivity contribution in [1.82, 2.24) is 0 Å². The van der Waals surface area contributed by atoms with Crippen LogP contribution in [0.25, 0.3) is 0 Å². The molecule has 0 aliphatic rings. The number of nitrogens with two attached hydrogens (primary N) is 1. The summed E-state index contributed by atoms with van der Waals surface area (Å²) in [6.07, 6.45) is 0. The maximum atomic E-state index is 11.1. The number of benzene rings is 1. The van der Waals surface area contributed by atoms with Crippen LogP contribution in [0.15, 0.2) is 12.1 Å². The average molecular weight is 234 g/mol. The van der Waals surface area contributed by atoms with Gasteiger partial charge in [-0.25, -0.2) is 4.79 Å². The number of esters is 1. The zero-order valence-electron chi connectivity index (χ0n) is 8.06. The van der Waals surface area contributed by atoms with Gasteiger partial charge < -0.3 is 20.7 Å². The van der Waals surface area contributed by atoms with E-state index < -0.39 is 5.97 Å². The monoisotopic (exact) mass is 233 g/mol. The predicted molar refractivity (Wildman–Crippen MR) is 56.3 cm³/mol. The zero-order chi connectivity index (χ0) is 10.7. The lowest BCUT2D eigenvalue weighted by molar-refractivity contribution is 0.0594. The number of phenols is 2. The molecule has 0 radical (unpaired) electrons. The second-order valence-electron chi connectivity index (χ2n) is 2.70. The number of hydrogen-bond donors (Lipinski definition) is 3. The lowest BCUT2D eigenvalue weighted by Crippen LogP contribution is -2.04. The number of carbonyl (C=O) groups excluding carboxylic acids is 1. The van der Waals surface area contributed by atoms with Crippen LogP contribution in [0, 0.1) is 0 Å². The quantitative estimate of drug-likeness (QED) is 0.656. The Hall–Kier alpha value is -1.46. The third kappa shape index (κ3) is 2.74. The Morgan fingerprint density at radius 1 is 1.40 bits per heavy atom. The molecule has 0 aliphatic carbocycles. The van der Waals surface area contributed by atoms with Crippen LogP contribution in [0.5, 0.6) is 11.5 Å². The van der Waals surface area contributed by atoms with Crippen molar-refractivity contribution in [3.63, 3.8) is 0 Å². The van der Waals surface area contributed by atoms with E-state index in [-0.39, 0.29) is 36.0 Å². The van der Waals surface area contributed by atoms with Crippen molar-refractivity contribution in [3.05, 3.63) is 23.3 Å². The van der Waals surface area contributed by atoms with Gasteiger partial charge in [-0.15, -0.1) is 12.4 Å². The van der Waals surface area contributed by atoms with Crippen LogP contribution in [0.4, 0.5) is 0 Å². The summed E-state index contributed by atoms with van der Waals surface area (Å²) in [6, 6.07) is 2.62. The predicted octanol–water partition coefficient (Wildman–Crippen LogP) is 0.765. The Morgan fingerprint density at radius 3 is 2.20 bits per heavy atom. The highest BCUT2D eigenvalue weighted by molar-refractivity contribution is 5.95. The minimum atomic E-state index is -0.788. The average Bonchev–Trinajstić information content (AvgIpc) is 2.16. The molecular weight excluding hydrogens is 222 g/mol.